The molecule has 25 heavy (non-hydrogen) atoms. The number of carbonyl (C=O) groups excluding carboxylic acids is 3. The van der Waals surface area contributed by atoms with Crippen LogP contribution in [0.5, 0.6) is 0 Å². The van der Waals surface area contributed by atoms with Crippen molar-refractivity contribution in [2.24, 2.45) is 5.41 Å². The summed E-state index contributed by atoms with van der Waals surface area (Å²) in [5.41, 5.74) is 0.503. The highest BCUT2D eigenvalue weighted by molar-refractivity contribution is 6.53. The number of ketones is 1. The van der Waals surface area contributed by atoms with E-state index in [2.05, 4.69) is 4.98 Å². The maximum Gasteiger partial charge on any atom is 0.340 e. The van der Waals surface area contributed by atoms with Crippen LogP contribution in [0.4, 0.5) is 0 Å². The van der Waals surface area contributed by atoms with Crippen LogP contribution in [0, 0.1) is 19.3 Å². The van der Waals surface area contributed by atoms with E-state index in [0.29, 0.717) is 16.8 Å². The van der Waals surface area contributed by atoms with Crippen LogP contribution in [0.15, 0.2) is 0 Å². The monoisotopic (exact) mass is 389 g/mol. The van der Waals surface area contributed by atoms with Crippen molar-refractivity contribution < 1.29 is 23.9 Å². The molecule has 6 nitrogen and oxygen atoms in total. The molecule has 1 saturated carbocycles. The smallest absolute Gasteiger partial charge is 0.340 e. The first-order valence-electron chi connectivity index (χ1n) is 7.95. The van der Waals surface area contributed by atoms with Crippen LogP contribution >= 0.6 is 23.2 Å². The van der Waals surface area contributed by atoms with Crippen molar-refractivity contribution in [1.29, 1.82) is 0 Å². The zero-order chi connectivity index (χ0) is 19.2. The van der Waals surface area contributed by atoms with Gasteiger partial charge in [-0.2, -0.15) is 0 Å². The zero-order valence-corrected chi connectivity index (χ0v) is 16.3. The molecule has 1 N–H and O–H groups in total. The number of carbonyl (C=O) groups is 3. The van der Waals surface area contributed by atoms with Gasteiger partial charge in [0.15, 0.2) is 6.10 Å². The molecule has 0 aliphatic heterocycles. The van der Waals surface area contributed by atoms with E-state index in [9.17, 15) is 14.4 Å². The van der Waals surface area contributed by atoms with Crippen molar-refractivity contribution in [3.8, 4) is 0 Å². The Morgan fingerprint density at radius 1 is 1.28 bits per heavy atom. The minimum Gasteiger partial charge on any atom is -0.462 e. The molecule has 0 unspecified atom stereocenters. The van der Waals surface area contributed by atoms with Gasteiger partial charge >= 0.3 is 11.9 Å². The second-order valence-electron chi connectivity index (χ2n) is 6.47. The summed E-state index contributed by atoms with van der Waals surface area (Å²) in [7, 11) is 0. The molecule has 0 saturated heterocycles. The number of aromatic amines is 1. The highest BCUT2D eigenvalue weighted by Gasteiger charge is 2.69. The topological polar surface area (TPSA) is 85.5 Å². The maximum atomic E-state index is 12.6. The van der Waals surface area contributed by atoms with E-state index in [1.54, 1.807) is 27.7 Å². The van der Waals surface area contributed by atoms with E-state index >= 15 is 0 Å². The van der Waals surface area contributed by atoms with Gasteiger partial charge in [-0.1, -0.05) is 0 Å². The molecule has 0 bridgehead atoms. The number of hydrogen-bond donors (Lipinski definition) is 1. The number of esters is 2. The first kappa shape index (κ1) is 19.8. The lowest BCUT2D eigenvalue weighted by atomic mass is 10.1. The van der Waals surface area contributed by atoms with Crippen LogP contribution in [0.3, 0.4) is 0 Å². The summed E-state index contributed by atoms with van der Waals surface area (Å²) in [6.07, 6.45) is -0.767. The number of aryl methyl sites for hydroxylation is 1. The summed E-state index contributed by atoms with van der Waals surface area (Å²) in [5.74, 6) is -1.56. The van der Waals surface area contributed by atoms with Gasteiger partial charge in [0.1, 0.15) is 9.75 Å². The average molecular weight is 390 g/mol. The highest BCUT2D eigenvalue weighted by Crippen LogP contribution is 2.64. The molecule has 1 aromatic heterocycles. The quantitative estimate of drug-likeness (QED) is 0.457. The van der Waals surface area contributed by atoms with Gasteiger partial charge in [-0.3, -0.25) is 9.59 Å². The van der Waals surface area contributed by atoms with E-state index in [1.165, 1.54) is 6.92 Å². The van der Waals surface area contributed by atoms with Crippen molar-refractivity contribution >= 4 is 40.9 Å². The molecule has 0 radical (unpaired) electrons. The molecule has 2 rings (SSSR count). The van der Waals surface area contributed by atoms with Gasteiger partial charge in [-0.05, 0) is 40.2 Å². The molecule has 1 aromatic rings. The van der Waals surface area contributed by atoms with E-state index in [1.807, 2.05) is 0 Å². The van der Waals surface area contributed by atoms with Crippen LogP contribution in [0.25, 0.3) is 0 Å². The number of hydrogen-bond acceptors (Lipinski definition) is 5. The lowest BCUT2D eigenvalue weighted by molar-refractivity contribution is -0.152. The molecule has 0 spiro atoms. The predicted octanol–water partition coefficient (Wildman–Crippen LogP) is 3.51. The van der Waals surface area contributed by atoms with E-state index < -0.39 is 33.6 Å². The Kier molecular flexibility index (Phi) is 5.26. The van der Waals surface area contributed by atoms with Gasteiger partial charge in [0.05, 0.1) is 17.9 Å². The maximum absolute atomic E-state index is 12.6. The fourth-order valence-electron chi connectivity index (χ4n) is 2.67. The van der Waals surface area contributed by atoms with E-state index in [4.69, 9.17) is 32.7 Å². The summed E-state index contributed by atoms with van der Waals surface area (Å²) >= 11 is 11.9. The molecule has 0 amide bonds. The molecular formula is C17H21Cl2NO5. The second-order valence-corrected chi connectivity index (χ2v) is 7.95. The third kappa shape index (κ3) is 3.42. The van der Waals surface area contributed by atoms with E-state index in [-0.39, 0.29) is 18.7 Å². The fraction of sp³-hybridized carbons (Fsp3) is 0.588. The Morgan fingerprint density at radius 2 is 1.84 bits per heavy atom. The third-order valence-electron chi connectivity index (χ3n) is 4.52. The lowest BCUT2D eigenvalue weighted by Gasteiger charge is -2.16. The number of aromatic nitrogens is 1. The first-order chi connectivity index (χ1) is 11.5. The molecule has 1 heterocycles. The second kappa shape index (κ2) is 6.65. The average Bonchev–Trinajstić information content (AvgIpc) is 2.88. The normalized spacial score (nSPS) is 22.2. The molecule has 1 aliphatic carbocycles. The van der Waals surface area contributed by atoms with Crippen LogP contribution in [0.2, 0.25) is 0 Å². The third-order valence-corrected chi connectivity index (χ3v) is 5.63. The van der Waals surface area contributed by atoms with Crippen LogP contribution < -0.4 is 0 Å². The van der Waals surface area contributed by atoms with Crippen molar-refractivity contribution in [3.05, 3.63) is 22.5 Å². The number of nitrogens with one attached hydrogen (secondary N) is 1. The largest absolute Gasteiger partial charge is 0.462 e. The predicted molar refractivity (Wildman–Crippen MR) is 93.3 cm³/mol. The number of ether oxygens (including phenoxy) is 2. The highest BCUT2D eigenvalue weighted by atomic mass is 35.5. The fourth-order valence-corrected chi connectivity index (χ4v) is 3.36. The van der Waals surface area contributed by atoms with Gasteiger partial charge < -0.3 is 14.5 Å². The SMILES string of the molecule is CCOC(=O)c1c(C)[nH]c(C(=O)[C@@H](C)OC(=O)[C@]2(C)CC2(Cl)Cl)c1C. The number of halogens is 2. The van der Waals surface area contributed by atoms with E-state index in [0.717, 1.165) is 0 Å². The summed E-state index contributed by atoms with van der Waals surface area (Å²) < 4.78 is 9.08. The van der Waals surface area contributed by atoms with Crippen molar-refractivity contribution in [2.45, 2.75) is 51.5 Å². The number of alkyl halides is 2. The number of Topliss-reactive ketones (excluding diaryl/α,β-unsaturated/α-hetero) is 1. The molecule has 1 fully saturated rings. The van der Waals surface area contributed by atoms with Crippen LogP contribution in [0.1, 0.15) is 59.3 Å². The van der Waals surface area contributed by atoms with Gasteiger partial charge in [0, 0.05) is 12.1 Å². The lowest BCUT2D eigenvalue weighted by Crippen LogP contribution is -2.30. The van der Waals surface area contributed by atoms with Crippen molar-refractivity contribution in [2.75, 3.05) is 6.61 Å². The first-order valence-corrected chi connectivity index (χ1v) is 8.71. The Balaban J connectivity index is 2.17. The van der Waals surface area contributed by atoms with Gasteiger partial charge in [0.2, 0.25) is 5.78 Å². The van der Waals surface area contributed by atoms with Crippen LogP contribution in [-0.2, 0) is 14.3 Å². The number of rotatable bonds is 6. The van der Waals surface area contributed by atoms with Crippen molar-refractivity contribution in [1.82, 2.24) is 4.98 Å². The number of H-pyrrole nitrogens is 1. The Bertz CT molecular complexity index is 740. The molecule has 0 aromatic carbocycles. The van der Waals surface area contributed by atoms with Gasteiger partial charge in [-0.25, -0.2) is 4.79 Å². The summed E-state index contributed by atoms with van der Waals surface area (Å²) in [6.45, 7) is 8.31. The minimum atomic E-state index is -1.16. The summed E-state index contributed by atoms with van der Waals surface area (Å²) in [6, 6.07) is 0. The standard InChI is InChI=1S/C17H21Cl2NO5/c1-6-24-14(22)11-8(2)12(20-9(11)3)13(21)10(4)25-15(23)16(5)7-17(16,18)19/h10,20H,6-7H2,1-5H3/t10-,16+/m1/s1. The molecule has 8 heteroatoms. The molecular weight excluding hydrogens is 369 g/mol. The van der Waals surface area contributed by atoms with Gasteiger partial charge in [0.25, 0.3) is 0 Å². The van der Waals surface area contributed by atoms with Gasteiger partial charge in [-0.15, -0.1) is 23.2 Å². The van der Waals surface area contributed by atoms with Crippen molar-refractivity contribution in [3.63, 3.8) is 0 Å². The zero-order valence-electron chi connectivity index (χ0n) is 14.8. The Labute approximate surface area is 156 Å². The Morgan fingerprint density at radius 3 is 2.32 bits per heavy atom. The molecule has 138 valence electrons. The summed E-state index contributed by atoms with van der Waals surface area (Å²) in [5, 5.41) is 0. The minimum absolute atomic E-state index is 0.213. The molecule has 1 aliphatic rings. The van der Waals surface area contributed by atoms with Crippen LogP contribution in [-0.4, -0.2) is 39.8 Å². The Hall–Kier alpha value is -1.53. The summed E-state index contributed by atoms with van der Waals surface area (Å²) in [4.78, 5) is 39.7. The molecule has 2 atom stereocenters.